The highest BCUT2D eigenvalue weighted by Gasteiger charge is 2.13. The molecule has 3 rings (SSSR count). The molecule has 114 valence electrons. The van der Waals surface area contributed by atoms with E-state index in [1.807, 2.05) is 0 Å². The van der Waals surface area contributed by atoms with Crippen molar-refractivity contribution in [2.45, 2.75) is 5.75 Å². The fourth-order valence-corrected chi connectivity index (χ4v) is 3.21. The van der Waals surface area contributed by atoms with Gasteiger partial charge in [0.15, 0.2) is 5.58 Å². The van der Waals surface area contributed by atoms with Crippen LogP contribution < -0.4 is 10.5 Å². The van der Waals surface area contributed by atoms with E-state index >= 15 is 0 Å². The topological polar surface area (TPSA) is 92.2 Å². The number of hydrogen-bond donors (Lipinski definition) is 2. The van der Waals surface area contributed by atoms with Crippen molar-refractivity contribution in [3.63, 3.8) is 0 Å². The zero-order chi connectivity index (χ0) is 15.7. The third-order valence-corrected chi connectivity index (χ3v) is 4.22. The van der Waals surface area contributed by atoms with Crippen LogP contribution in [0, 0.1) is 5.82 Å². The highest BCUT2D eigenvalue weighted by Crippen LogP contribution is 2.18. The van der Waals surface area contributed by atoms with Crippen molar-refractivity contribution in [1.82, 2.24) is 4.98 Å². The molecule has 2 aromatic carbocycles. The first-order valence-electron chi connectivity index (χ1n) is 6.29. The average Bonchev–Trinajstić information content (AvgIpc) is 2.80. The van der Waals surface area contributed by atoms with Crippen LogP contribution in [0.1, 0.15) is 5.56 Å². The summed E-state index contributed by atoms with van der Waals surface area (Å²) in [4.78, 5) is 13.5. The smallest absolute Gasteiger partial charge is 0.408 e. The molecule has 0 unspecified atom stereocenters. The largest absolute Gasteiger partial charge is 0.417 e. The van der Waals surface area contributed by atoms with Gasteiger partial charge in [0.1, 0.15) is 5.82 Å². The van der Waals surface area contributed by atoms with E-state index in [4.69, 9.17) is 4.42 Å². The molecule has 8 heteroatoms. The van der Waals surface area contributed by atoms with Gasteiger partial charge in [0.25, 0.3) is 0 Å². The molecule has 0 atom stereocenters. The fraction of sp³-hybridized carbons (Fsp3) is 0.0714. The molecular formula is C14H11FN2O4S. The molecule has 22 heavy (non-hydrogen) atoms. The van der Waals surface area contributed by atoms with Gasteiger partial charge >= 0.3 is 5.76 Å². The van der Waals surface area contributed by atoms with Gasteiger partial charge in [-0.3, -0.25) is 9.71 Å². The van der Waals surface area contributed by atoms with Crippen LogP contribution in [-0.4, -0.2) is 13.4 Å². The van der Waals surface area contributed by atoms with E-state index in [0.717, 1.165) is 0 Å². The predicted molar refractivity (Wildman–Crippen MR) is 79.5 cm³/mol. The monoisotopic (exact) mass is 322 g/mol. The molecule has 0 aliphatic rings. The maximum absolute atomic E-state index is 12.8. The summed E-state index contributed by atoms with van der Waals surface area (Å²) in [6.07, 6.45) is 0. The highest BCUT2D eigenvalue weighted by molar-refractivity contribution is 7.91. The van der Waals surface area contributed by atoms with Gasteiger partial charge in [0.2, 0.25) is 10.0 Å². The lowest BCUT2D eigenvalue weighted by Gasteiger charge is -2.08. The van der Waals surface area contributed by atoms with Crippen LogP contribution in [0.3, 0.4) is 0 Å². The van der Waals surface area contributed by atoms with Crippen LogP contribution in [0.15, 0.2) is 51.7 Å². The number of hydrogen-bond acceptors (Lipinski definition) is 4. The Labute approximate surface area is 124 Å². The molecule has 3 aromatic rings. The SMILES string of the molecule is O=c1[nH]c2ccc(NS(=O)(=O)Cc3ccc(F)cc3)cc2o1. The van der Waals surface area contributed by atoms with Gasteiger partial charge in [0.05, 0.1) is 17.0 Å². The third-order valence-electron chi connectivity index (χ3n) is 2.96. The average molecular weight is 322 g/mol. The number of sulfonamides is 1. The summed E-state index contributed by atoms with van der Waals surface area (Å²) in [5.74, 6) is -1.33. The number of fused-ring (bicyclic) bond motifs is 1. The Bertz CT molecular complexity index is 974. The lowest BCUT2D eigenvalue weighted by atomic mass is 10.2. The number of aromatic nitrogens is 1. The molecule has 0 saturated heterocycles. The molecule has 0 bridgehead atoms. The molecule has 2 N–H and O–H groups in total. The van der Waals surface area contributed by atoms with Gasteiger partial charge in [-0.2, -0.15) is 0 Å². The van der Waals surface area contributed by atoms with Gasteiger partial charge in [-0.15, -0.1) is 0 Å². The minimum atomic E-state index is -3.66. The van der Waals surface area contributed by atoms with E-state index in [9.17, 15) is 17.6 Å². The minimum absolute atomic E-state index is 0.256. The first-order valence-corrected chi connectivity index (χ1v) is 7.94. The van der Waals surface area contributed by atoms with Crippen molar-refractivity contribution < 1.29 is 17.2 Å². The molecule has 0 radical (unpaired) electrons. The van der Waals surface area contributed by atoms with Crippen molar-refractivity contribution in [3.8, 4) is 0 Å². The maximum Gasteiger partial charge on any atom is 0.417 e. The van der Waals surface area contributed by atoms with Gasteiger partial charge in [0, 0.05) is 6.07 Å². The molecule has 0 saturated carbocycles. The zero-order valence-corrected chi connectivity index (χ0v) is 12.0. The van der Waals surface area contributed by atoms with Gasteiger partial charge < -0.3 is 4.42 Å². The Morgan fingerprint density at radius 1 is 1.14 bits per heavy atom. The van der Waals surface area contributed by atoms with Gasteiger partial charge in [-0.05, 0) is 29.8 Å². The summed E-state index contributed by atoms with van der Waals surface area (Å²) in [7, 11) is -3.66. The molecule has 0 aliphatic heterocycles. The van der Waals surface area contributed by atoms with E-state index in [1.165, 1.54) is 42.5 Å². The number of anilines is 1. The van der Waals surface area contributed by atoms with Crippen LogP contribution in [0.5, 0.6) is 0 Å². The second kappa shape index (κ2) is 5.30. The summed E-state index contributed by atoms with van der Waals surface area (Å²) in [6.45, 7) is 0. The Balaban J connectivity index is 1.82. The first-order chi connectivity index (χ1) is 10.4. The van der Waals surface area contributed by atoms with E-state index in [1.54, 1.807) is 0 Å². The van der Waals surface area contributed by atoms with E-state index < -0.39 is 21.6 Å². The highest BCUT2D eigenvalue weighted by atomic mass is 32.2. The van der Waals surface area contributed by atoms with Crippen LogP contribution in [0.25, 0.3) is 11.1 Å². The lowest BCUT2D eigenvalue weighted by Crippen LogP contribution is -2.15. The number of halogens is 1. The van der Waals surface area contributed by atoms with Crippen LogP contribution in [-0.2, 0) is 15.8 Å². The van der Waals surface area contributed by atoms with E-state index in [-0.39, 0.29) is 17.0 Å². The second-order valence-corrected chi connectivity index (χ2v) is 6.44. The molecular weight excluding hydrogens is 311 g/mol. The Morgan fingerprint density at radius 3 is 2.59 bits per heavy atom. The predicted octanol–water partition coefficient (Wildman–Crippen LogP) is 2.20. The van der Waals surface area contributed by atoms with Crippen molar-refractivity contribution in [3.05, 3.63) is 64.4 Å². The molecule has 0 spiro atoms. The summed E-state index contributed by atoms with van der Waals surface area (Å²) in [5, 5.41) is 0. The Hall–Kier alpha value is -2.61. The quantitative estimate of drug-likeness (QED) is 0.770. The molecule has 6 nitrogen and oxygen atoms in total. The van der Waals surface area contributed by atoms with Crippen molar-refractivity contribution in [2.24, 2.45) is 0 Å². The molecule has 0 amide bonds. The number of aromatic amines is 1. The molecule has 1 heterocycles. The number of nitrogens with one attached hydrogen (secondary N) is 2. The fourth-order valence-electron chi connectivity index (χ4n) is 2.02. The van der Waals surface area contributed by atoms with Crippen LogP contribution >= 0.6 is 0 Å². The maximum atomic E-state index is 12.8. The van der Waals surface area contributed by atoms with Gasteiger partial charge in [-0.1, -0.05) is 12.1 Å². The Morgan fingerprint density at radius 2 is 1.86 bits per heavy atom. The third kappa shape index (κ3) is 3.17. The number of benzene rings is 2. The summed E-state index contributed by atoms with van der Waals surface area (Å²) in [5.41, 5.74) is 1.47. The number of rotatable bonds is 4. The minimum Gasteiger partial charge on any atom is -0.408 e. The molecule has 1 aromatic heterocycles. The van der Waals surface area contributed by atoms with E-state index in [0.29, 0.717) is 11.1 Å². The molecule has 0 aliphatic carbocycles. The van der Waals surface area contributed by atoms with Crippen LogP contribution in [0.2, 0.25) is 0 Å². The van der Waals surface area contributed by atoms with Gasteiger partial charge in [-0.25, -0.2) is 17.6 Å². The van der Waals surface area contributed by atoms with Crippen molar-refractivity contribution in [2.75, 3.05) is 4.72 Å². The number of oxazole rings is 1. The second-order valence-electron chi connectivity index (χ2n) is 4.71. The standard InChI is InChI=1S/C14H11FN2O4S/c15-10-3-1-9(2-4-10)8-22(19,20)17-11-5-6-12-13(7-11)21-14(18)16-12/h1-7,17H,8H2,(H,16,18). The van der Waals surface area contributed by atoms with Crippen LogP contribution in [0.4, 0.5) is 10.1 Å². The normalized spacial score (nSPS) is 11.7. The van der Waals surface area contributed by atoms with E-state index in [2.05, 4.69) is 9.71 Å². The first kappa shape index (κ1) is 14.3. The Kier molecular flexibility index (Phi) is 3.45. The summed E-state index contributed by atoms with van der Waals surface area (Å²) in [6, 6.07) is 9.67. The zero-order valence-electron chi connectivity index (χ0n) is 11.2. The number of H-pyrrole nitrogens is 1. The van der Waals surface area contributed by atoms with Crippen molar-refractivity contribution >= 4 is 26.8 Å². The molecule has 0 fully saturated rings. The lowest BCUT2D eigenvalue weighted by molar-refractivity contribution is 0.555. The summed E-state index contributed by atoms with van der Waals surface area (Å²) >= 11 is 0. The summed E-state index contributed by atoms with van der Waals surface area (Å²) < 4.78 is 44.2. The van der Waals surface area contributed by atoms with Crippen molar-refractivity contribution in [1.29, 1.82) is 0 Å².